The molecular weight excluding hydrogens is 442 g/mol. The first-order valence-corrected chi connectivity index (χ1v) is 13.8. The maximum absolute atomic E-state index is 12.3. The number of rotatable bonds is 10. The second-order valence-corrected chi connectivity index (χ2v) is 11.7. The van der Waals surface area contributed by atoms with Crippen LogP contribution < -0.4 is 9.47 Å². The summed E-state index contributed by atoms with van der Waals surface area (Å²) in [6.07, 6.45) is 12.7. The zero-order chi connectivity index (χ0) is 22.9. The van der Waals surface area contributed by atoms with E-state index >= 15 is 0 Å². The number of nitrogens with zero attached hydrogens (tertiary/aromatic N) is 1. The fourth-order valence-electron chi connectivity index (χ4n) is 3.77. The van der Waals surface area contributed by atoms with Crippen molar-refractivity contribution in [2.45, 2.75) is 75.8 Å². The number of β-lactam (4-membered cyclic amide) rings is 1. The molecule has 176 valence electrons. The highest BCUT2D eigenvalue weighted by atomic mass is 32.2. The third-order valence-corrected chi connectivity index (χ3v) is 8.62. The summed E-state index contributed by atoms with van der Waals surface area (Å²) in [7, 11) is -0.743. The van der Waals surface area contributed by atoms with Crippen LogP contribution in [0.15, 0.2) is 42.0 Å². The molecule has 2 unspecified atom stereocenters. The molecule has 0 radical (unpaired) electrons. The number of amides is 1. The van der Waals surface area contributed by atoms with Gasteiger partial charge in [0.1, 0.15) is 0 Å². The summed E-state index contributed by atoms with van der Waals surface area (Å²) in [5.74, 6) is 2.68. The fraction of sp³-hybridized carbons (Fsp3) is 0.560. The summed E-state index contributed by atoms with van der Waals surface area (Å²) >= 11 is 1.66. The number of carbonyl (C=O) groups excluding carboxylic acids is 1. The molecule has 32 heavy (non-hydrogen) atoms. The molecule has 1 aromatic carbocycles. The number of fused-ring (bicyclic) bond motifs is 2. The topological polar surface area (TPSA) is 55.8 Å². The molecule has 3 aliphatic heterocycles. The summed E-state index contributed by atoms with van der Waals surface area (Å²) in [6, 6.07) is 6.01. The van der Waals surface area contributed by atoms with Crippen molar-refractivity contribution in [3.63, 3.8) is 0 Å². The van der Waals surface area contributed by atoms with Gasteiger partial charge in [0.05, 0.1) is 11.8 Å². The van der Waals surface area contributed by atoms with Crippen molar-refractivity contribution in [1.29, 1.82) is 0 Å². The standard InChI is InChI=1S/C18H28O3S.C7H7NOS/c1-3-4-5-6-7-8-11-22(19)15(2)12-16-9-10-17-18(13-16)21-14-20-17;1-5-2-3-8-6(9)4-7(8)10-5/h9-10,13,15H,3-8,11-12,14H2,1-2H3;2-3,7H,1,4H2/t;7-/m.1/s1. The monoisotopic (exact) mass is 477 g/mol. The molecule has 0 aromatic heterocycles. The van der Waals surface area contributed by atoms with Crippen molar-refractivity contribution in [2.75, 3.05) is 12.5 Å². The first-order valence-electron chi connectivity index (χ1n) is 11.6. The molecule has 3 heterocycles. The van der Waals surface area contributed by atoms with Gasteiger partial charge in [-0.3, -0.25) is 9.00 Å². The zero-order valence-corrected chi connectivity index (χ0v) is 20.8. The fourth-order valence-corrected chi connectivity index (χ4v) is 6.06. The van der Waals surface area contributed by atoms with Gasteiger partial charge < -0.3 is 14.4 Å². The summed E-state index contributed by atoms with van der Waals surface area (Å²) in [5.41, 5.74) is 1.17. The lowest BCUT2D eigenvalue weighted by molar-refractivity contribution is -0.137. The predicted molar refractivity (Wildman–Crippen MR) is 133 cm³/mol. The molecule has 3 aliphatic rings. The van der Waals surface area contributed by atoms with Gasteiger partial charge in [0.25, 0.3) is 0 Å². The van der Waals surface area contributed by atoms with Crippen LogP contribution in [0.1, 0.15) is 64.4 Å². The van der Waals surface area contributed by atoms with E-state index in [1.165, 1.54) is 37.7 Å². The average Bonchev–Trinajstić information content (AvgIpc) is 3.24. The molecule has 0 saturated carbocycles. The highest BCUT2D eigenvalue weighted by Crippen LogP contribution is 2.38. The molecular formula is C25H35NO4S2. The van der Waals surface area contributed by atoms with Crippen LogP contribution in [0.25, 0.3) is 0 Å². The number of benzene rings is 1. The third kappa shape index (κ3) is 7.14. The molecule has 0 bridgehead atoms. The lowest BCUT2D eigenvalue weighted by atomic mass is 10.1. The van der Waals surface area contributed by atoms with Crippen LogP contribution in [-0.4, -0.2) is 38.2 Å². The smallest absolute Gasteiger partial charge is 0.231 e. The maximum atomic E-state index is 12.3. The quantitative estimate of drug-likeness (QED) is 0.316. The van der Waals surface area contributed by atoms with E-state index in [-0.39, 0.29) is 11.2 Å². The number of hydrogen-bond acceptors (Lipinski definition) is 5. The van der Waals surface area contributed by atoms with Gasteiger partial charge in [-0.2, -0.15) is 0 Å². The van der Waals surface area contributed by atoms with Gasteiger partial charge in [-0.05, 0) is 36.6 Å². The molecule has 1 aromatic rings. The van der Waals surface area contributed by atoms with Crippen LogP contribution in [0.5, 0.6) is 11.5 Å². The summed E-state index contributed by atoms with van der Waals surface area (Å²) in [6.45, 7) is 8.41. The van der Waals surface area contributed by atoms with E-state index in [9.17, 15) is 9.00 Å². The maximum Gasteiger partial charge on any atom is 0.231 e. The third-order valence-electron chi connectivity index (χ3n) is 5.76. The Labute approximate surface area is 199 Å². The predicted octanol–water partition coefficient (Wildman–Crippen LogP) is 5.77. The van der Waals surface area contributed by atoms with Crippen LogP contribution in [0, 0.1) is 0 Å². The summed E-state index contributed by atoms with van der Waals surface area (Å²) in [5, 5.41) is 0.543. The van der Waals surface area contributed by atoms with Crippen LogP contribution >= 0.6 is 11.8 Å². The number of thioether (sulfide) groups is 1. The molecule has 1 fully saturated rings. The van der Waals surface area contributed by atoms with Crippen molar-refractivity contribution in [1.82, 2.24) is 4.90 Å². The molecule has 5 nitrogen and oxygen atoms in total. The first-order chi connectivity index (χ1) is 15.5. The number of ether oxygens (including phenoxy) is 2. The second kappa shape index (κ2) is 12.5. The lowest BCUT2D eigenvalue weighted by Gasteiger charge is -2.39. The largest absolute Gasteiger partial charge is 0.454 e. The van der Waals surface area contributed by atoms with Gasteiger partial charge in [0.2, 0.25) is 12.7 Å². The van der Waals surface area contributed by atoms with Crippen molar-refractivity contribution in [3.8, 4) is 11.5 Å². The Morgan fingerprint density at radius 3 is 2.69 bits per heavy atom. The van der Waals surface area contributed by atoms with E-state index in [4.69, 9.17) is 9.47 Å². The Kier molecular flexibility index (Phi) is 9.72. The molecule has 4 rings (SSSR count). The number of hydrogen-bond donors (Lipinski definition) is 0. The molecule has 3 atom stereocenters. The van der Waals surface area contributed by atoms with Crippen molar-refractivity contribution in [3.05, 3.63) is 47.5 Å². The van der Waals surface area contributed by atoms with E-state index in [0.29, 0.717) is 18.6 Å². The Morgan fingerprint density at radius 1 is 1.19 bits per heavy atom. The normalized spacial score (nSPS) is 20.2. The molecule has 0 aliphatic carbocycles. The number of unbranched alkanes of at least 4 members (excludes halogenated alkanes) is 5. The average molecular weight is 478 g/mol. The molecule has 1 amide bonds. The number of allylic oxidation sites excluding steroid dienone is 1. The van der Waals surface area contributed by atoms with Gasteiger partial charge in [-0.1, -0.05) is 58.6 Å². The molecule has 7 heteroatoms. The minimum atomic E-state index is -0.743. The first kappa shape index (κ1) is 24.9. The highest BCUT2D eigenvalue weighted by Gasteiger charge is 2.36. The number of carbonyl (C=O) groups is 1. The van der Waals surface area contributed by atoms with E-state index in [2.05, 4.69) is 20.4 Å². The Hall–Kier alpha value is -1.73. The Balaban J connectivity index is 0.000000238. The Morgan fingerprint density at radius 2 is 1.94 bits per heavy atom. The molecule has 1 saturated heterocycles. The van der Waals surface area contributed by atoms with E-state index in [0.717, 1.165) is 35.0 Å². The van der Waals surface area contributed by atoms with E-state index in [1.54, 1.807) is 16.7 Å². The van der Waals surface area contributed by atoms with E-state index < -0.39 is 10.8 Å². The van der Waals surface area contributed by atoms with Gasteiger partial charge in [-0.15, -0.1) is 11.8 Å². The molecule has 0 N–H and O–H groups in total. The minimum Gasteiger partial charge on any atom is -0.454 e. The van der Waals surface area contributed by atoms with Crippen LogP contribution in [-0.2, 0) is 22.0 Å². The van der Waals surface area contributed by atoms with Gasteiger partial charge in [-0.25, -0.2) is 0 Å². The van der Waals surface area contributed by atoms with Crippen molar-refractivity contribution in [2.24, 2.45) is 0 Å². The SMILES string of the molecule is C=C1C=CN2C(=O)C[C@H]2S1.CCCCCCCCS(=O)C(C)Cc1ccc2c(c1)OCO2. The van der Waals surface area contributed by atoms with Crippen LogP contribution in [0.2, 0.25) is 0 Å². The van der Waals surface area contributed by atoms with Crippen LogP contribution in [0.4, 0.5) is 0 Å². The minimum absolute atomic E-state index is 0.191. The second-order valence-electron chi connectivity index (χ2n) is 8.41. The van der Waals surface area contributed by atoms with Crippen molar-refractivity contribution >= 4 is 28.5 Å². The Bertz CT molecular complexity index is 854. The van der Waals surface area contributed by atoms with Gasteiger partial charge >= 0.3 is 0 Å². The zero-order valence-electron chi connectivity index (χ0n) is 19.2. The van der Waals surface area contributed by atoms with Crippen LogP contribution in [0.3, 0.4) is 0 Å². The van der Waals surface area contributed by atoms with Gasteiger partial charge in [0, 0.05) is 32.9 Å². The van der Waals surface area contributed by atoms with Gasteiger partial charge in [0.15, 0.2) is 11.5 Å². The van der Waals surface area contributed by atoms with Crippen molar-refractivity contribution < 1.29 is 18.5 Å². The van der Waals surface area contributed by atoms with E-state index in [1.807, 2.05) is 30.5 Å². The molecule has 0 spiro atoms. The summed E-state index contributed by atoms with van der Waals surface area (Å²) in [4.78, 5) is 13.6. The summed E-state index contributed by atoms with van der Waals surface area (Å²) < 4.78 is 23.0. The highest BCUT2D eigenvalue weighted by molar-refractivity contribution is 8.04. The lowest BCUT2D eigenvalue weighted by Crippen LogP contribution is -2.48.